The Balaban J connectivity index is 1.46. The Hall–Kier alpha value is -2.01. The Morgan fingerprint density at radius 3 is 2.64 bits per heavy atom. The first-order chi connectivity index (χ1) is 10.8. The Morgan fingerprint density at radius 2 is 1.91 bits per heavy atom. The summed E-state index contributed by atoms with van der Waals surface area (Å²) in [4.78, 5) is 18.4. The van der Waals surface area contributed by atoms with E-state index in [4.69, 9.17) is 0 Å². The van der Waals surface area contributed by atoms with Crippen LogP contribution >= 0.6 is 0 Å². The van der Waals surface area contributed by atoms with Crippen LogP contribution in [-0.2, 0) is 6.54 Å². The molecule has 1 atom stereocenters. The summed E-state index contributed by atoms with van der Waals surface area (Å²) < 4.78 is 0. The first-order valence-corrected chi connectivity index (χ1v) is 7.95. The van der Waals surface area contributed by atoms with Gasteiger partial charge in [-0.1, -0.05) is 6.07 Å². The number of hydrogen-bond acceptors (Lipinski definition) is 5. The summed E-state index contributed by atoms with van der Waals surface area (Å²) in [6.07, 6.45) is 6.09. The van der Waals surface area contributed by atoms with Crippen LogP contribution in [0.4, 0.5) is 5.95 Å². The van der Waals surface area contributed by atoms with Crippen LogP contribution in [0.25, 0.3) is 0 Å². The van der Waals surface area contributed by atoms with E-state index in [1.165, 1.54) is 18.5 Å². The molecule has 4 heterocycles. The molecule has 4 rings (SSSR count). The zero-order valence-electron chi connectivity index (χ0n) is 12.9. The van der Waals surface area contributed by atoms with Gasteiger partial charge in [-0.3, -0.25) is 9.88 Å². The number of pyridine rings is 1. The number of likely N-dealkylation sites (tertiary alicyclic amines) is 1. The van der Waals surface area contributed by atoms with Gasteiger partial charge in [0.15, 0.2) is 0 Å². The van der Waals surface area contributed by atoms with Gasteiger partial charge in [-0.05, 0) is 38.0 Å². The van der Waals surface area contributed by atoms with Crippen LogP contribution in [0.15, 0.2) is 36.7 Å². The molecule has 5 heteroatoms. The molecule has 0 aromatic carbocycles. The Kier molecular flexibility index (Phi) is 3.30. The van der Waals surface area contributed by atoms with Gasteiger partial charge >= 0.3 is 0 Å². The summed E-state index contributed by atoms with van der Waals surface area (Å²) in [5.41, 5.74) is 2.50. The third kappa shape index (κ3) is 2.35. The largest absolute Gasteiger partial charge is 0.334 e. The van der Waals surface area contributed by atoms with E-state index >= 15 is 0 Å². The number of hydrogen-bond donors (Lipinski definition) is 0. The minimum atomic E-state index is 0.241. The van der Waals surface area contributed by atoms with E-state index in [1.54, 1.807) is 0 Å². The van der Waals surface area contributed by atoms with Crippen LogP contribution in [0.1, 0.15) is 24.2 Å². The van der Waals surface area contributed by atoms with Crippen molar-refractivity contribution in [2.45, 2.75) is 31.8 Å². The maximum absolute atomic E-state index is 4.63. The Bertz CT molecular complexity index is 659. The first kappa shape index (κ1) is 13.6. The lowest BCUT2D eigenvalue weighted by Gasteiger charge is -2.50. The smallest absolute Gasteiger partial charge is 0.225 e. The van der Waals surface area contributed by atoms with E-state index in [-0.39, 0.29) is 5.54 Å². The molecule has 2 aromatic rings. The fourth-order valence-electron chi connectivity index (χ4n) is 3.70. The first-order valence-electron chi connectivity index (χ1n) is 7.95. The number of aryl methyl sites for hydroxylation is 1. The van der Waals surface area contributed by atoms with Crippen LogP contribution in [0.2, 0.25) is 0 Å². The number of aromatic nitrogens is 3. The molecule has 0 bridgehead atoms. The van der Waals surface area contributed by atoms with Gasteiger partial charge in [-0.15, -0.1) is 0 Å². The second kappa shape index (κ2) is 5.32. The molecule has 1 unspecified atom stereocenters. The Morgan fingerprint density at radius 1 is 1.09 bits per heavy atom. The van der Waals surface area contributed by atoms with Gasteiger partial charge < -0.3 is 4.90 Å². The van der Waals surface area contributed by atoms with Crippen LogP contribution in [0.3, 0.4) is 0 Å². The summed E-state index contributed by atoms with van der Waals surface area (Å²) in [5, 5.41) is 0. The molecule has 0 aliphatic carbocycles. The summed E-state index contributed by atoms with van der Waals surface area (Å²) in [6, 6.07) is 8.14. The lowest BCUT2D eigenvalue weighted by Crippen LogP contribution is -2.62. The minimum absolute atomic E-state index is 0.241. The molecular weight excluding hydrogens is 274 g/mol. The lowest BCUT2D eigenvalue weighted by molar-refractivity contribution is 0.242. The second-order valence-electron chi connectivity index (χ2n) is 6.41. The van der Waals surface area contributed by atoms with Crippen molar-refractivity contribution in [3.05, 3.63) is 48.0 Å². The zero-order valence-corrected chi connectivity index (χ0v) is 12.9. The van der Waals surface area contributed by atoms with Gasteiger partial charge in [-0.2, -0.15) is 0 Å². The van der Waals surface area contributed by atoms with Gasteiger partial charge in [0.1, 0.15) is 0 Å². The zero-order chi connectivity index (χ0) is 15.0. The van der Waals surface area contributed by atoms with Crippen molar-refractivity contribution in [2.24, 2.45) is 0 Å². The SMILES string of the molecule is Cc1cccc(CN2CCC3(CCN3c3ncccn3)C2)n1. The van der Waals surface area contributed by atoms with Crippen molar-refractivity contribution in [1.29, 1.82) is 0 Å². The molecule has 114 valence electrons. The molecule has 2 aliphatic heterocycles. The molecule has 22 heavy (non-hydrogen) atoms. The second-order valence-corrected chi connectivity index (χ2v) is 6.41. The van der Waals surface area contributed by atoms with Crippen molar-refractivity contribution < 1.29 is 0 Å². The molecule has 5 nitrogen and oxygen atoms in total. The predicted molar refractivity (Wildman–Crippen MR) is 85.6 cm³/mol. The number of nitrogens with zero attached hydrogens (tertiary/aromatic N) is 5. The molecule has 2 aliphatic rings. The topological polar surface area (TPSA) is 45.2 Å². The Labute approximate surface area is 131 Å². The predicted octanol–water partition coefficient (Wildman–Crippen LogP) is 2.03. The number of anilines is 1. The molecule has 2 fully saturated rings. The van der Waals surface area contributed by atoms with E-state index in [9.17, 15) is 0 Å². The molecular formula is C17H21N5. The highest BCUT2D eigenvalue weighted by molar-refractivity contribution is 5.41. The van der Waals surface area contributed by atoms with Gasteiger partial charge in [0.05, 0.1) is 11.2 Å². The normalized spacial score (nSPS) is 24.7. The standard InChI is InChI=1S/C17H21N5/c1-14-4-2-5-15(20-14)12-21-10-6-17(13-21)7-11-22(17)16-18-8-3-9-19-16/h2-5,8-9H,6-7,10-13H2,1H3. The van der Waals surface area contributed by atoms with Crippen molar-refractivity contribution in [2.75, 3.05) is 24.5 Å². The molecule has 2 saturated heterocycles. The summed E-state index contributed by atoms with van der Waals surface area (Å²) in [7, 11) is 0. The third-order valence-corrected chi connectivity index (χ3v) is 4.91. The summed E-state index contributed by atoms with van der Waals surface area (Å²) in [6.45, 7) is 6.27. The van der Waals surface area contributed by atoms with Gasteiger partial charge in [0, 0.05) is 44.3 Å². The maximum atomic E-state index is 4.63. The minimum Gasteiger partial charge on any atom is -0.334 e. The van der Waals surface area contributed by atoms with E-state index < -0.39 is 0 Å². The molecule has 2 aromatic heterocycles. The van der Waals surface area contributed by atoms with Crippen molar-refractivity contribution in [3.8, 4) is 0 Å². The van der Waals surface area contributed by atoms with E-state index in [0.717, 1.165) is 37.8 Å². The highest BCUT2D eigenvalue weighted by atomic mass is 15.4. The summed E-state index contributed by atoms with van der Waals surface area (Å²) >= 11 is 0. The van der Waals surface area contributed by atoms with Gasteiger partial charge in [0.2, 0.25) is 5.95 Å². The molecule has 0 radical (unpaired) electrons. The van der Waals surface area contributed by atoms with Crippen molar-refractivity contribution in [3.63, 3.8) is 0 Å². The van der Waals surface area contributed by atoms with Crippen molar-refractivity contribution in [1.82, 2.24) is 19.9 Å². The quantitative estimate of drug-likeness (QED) is 0.867. The van der Waals surface area contributed by atoms with Crippen LogP contribution in [-0.4, -0.2) is 45.0 Å². The van der Waals surface area contributed by atoms with E-state index in [0.29, 0.717) is 0 Å². The van der Waals surface area contributed by atoms with E-state index in [1.807, 2.05) is 18.5 Å². The fraction of sp³-hybridized carbons (Fsp3) is 0.471. The van der Waals surface area contributed by atoms with E-state index in [2.05, 4.69) is 49.9 Å². The van der Waals surface area contributed by atoms with Crippen LogP contribution in [0, 0.1) is 6.92 Å². The molecule has 0 N–H and O–H groups in total. The van der Waals surface area contributed by atoms with Crippen LogP contribution < -0.4 is 4.90 Å². The van der Waals surface area contributed by atoms with Gasteiger partial charge in [0.25, 0.3) is 0 Å². The molecule has 0 saturated carbocycles. The monoisotopic (exact) mass is 295 g/mol. The average molecular weight is 295 g/mol. The third-order valence-electron chi connectivity index (χ3n) is 4.91. The van der Waals surface area contributed by atoms with Gasteiger partial charge in [-0.25, -0.2) is 9.97 Å². The fourth-order valence-corrected chi connectivity index (χ4v) is 3.70. The average Bonchev–Trinajstić information content (AvgIpc) is 2.94. The highest BCUT2D eigenvalue weighted by Crippen LogP contribution is 2.41. The molecule has 1 spiro atoms. The lowest BCUT2D eigenvalue weighted by atomic mass is 9.84. The maximum Gasteiger partial charge on any atom is 0.225 e. The van der Waals surface area contributed by atoms with Crippen LogP contribution in [0.5, 0.6) is 0 Å². The van der Waals surface area contributed by atoms with Crippen molar-refractivity contribution >= 4 is 5.95 Å². The highest BCUT2D eigenvalue weighted by Gasteiger charge is 2.50. The summed E-state index contributed by atoms with van der Waals surface area (Å²) in [5.74, 6) is 0.879. The molecule has 0 amide bonds. The number of rotatable bonds is 3.